The van der Waals surface area contributed by atoms with E-state index in [0.29, 0.717) is 12.3 Å². The molecule has 0 amide bonds. The van der Waals surface area contributed by atoms with Gasteiger partial charge in [0.25, 0.3) is 5.69 Å². The second kappa shape index (κ2) is 9.74. The molecule has 0 spiro atoms. The number of hydrogen-bond acceptors (Lipinski definition) is 6. The Kier molecular flexibility index (Phi) is 7.37. The van der Waals surface area contributed by atoms with E-state index in [9.17, 15) is 15.2 Å². The molecule has 0 radical (unpaired) electrons. The number of aliphatic hydroxyl groups is 1. The molecule has 0 fully saturated rings. The molecule has 2 aromatic carbocycles. The van der Waals surface area contributed by atoms with Crippen LogP contribution in [0.5, 0.6) is 11.5 Å². The summed E-state index contributed by atoms with van der Waals surface area (Å²) in [7, 11) is 1.63. The van der Waals surface area contributed by atoms with E-state index in [2.05, 4.69) is 12.2 Å². The molecule has 0 aliphatic carbocycles. The van der Waals surface area contributed by atoms with Crippen LogP contribution in [-0.4, -0.2) is 36.4 Å². The van der Waals surface area contributed by atoms with E-state index in [1.807, 2.05) is 24.3 Å². The number of nitrogens with zero attached hydrogens (tertiary/aromatic N) is 1. The van der Waals surface area contributed by atoms with Gasteiger partial charge in [-0.3, -0.25) is 10.1 Å². The van der Waals surface area contributed by atoms with Gasteiger partial charge in [0.2, 0.25) is 0 Å². The highest BCUT2D eigenvalue weighted by Gasteiger charge is 2.13. The first kappa shape index (κ1) is 19.7. The van der Waals surface area contributed by atoms with Crippen molar-refractivity contribution >= 4 is 5.69 Å². The lowest BCUT2D eigenvalue weighted by Crippen LogP contribution is -2.33. The van der Waals surface area contributed by atoms with Gasteiger partial charge in [-0.1, -0.05) is 25.1 Å². The van der Waals surface area contributed by atoms with Gasteiger partial charge in [0.1, 0.15) is 24.2 Å². The molecule has 2 N–H and O–H groups in total. The Morgan fingerprint density at radius 2 is 1.92 bits per heavy atom. The van der Waals surface area contributed by atoms with E-state index in [-0.39, 0.29) is 18.3 Å². The Morgan fingerprint density at radius 1 is 1.19 bits per heavy atom. The number of non-ortho nitro benzene ring substituents is 1. The predicted molar refractivity (Wildman–Crippen MR) is 98.6 cm³/mol. The predicted octanol–water partition coefficient (Wildman–Crippen LogP) is 3.08. The van der Waals surface area contributed by atoms with Crippen molar-refractivity contribution in [3.05, 3.63) is 64.2 Å². The zero-order chi connectivity index (χ0) is 18.9. The number of rotatable bonds is 10. The average Bonchev–Trinajstić information content (AvgIpc) is 2.67. The number of methoxy groups -OCH3 is 1. The van der Waals surface area contributed by atoms with Crippen molar-refractivity contribution < 1.29 is 19.5 Å². The van der Waals surface area contributed by atoms with Gasteiger partial charge in [0.15, 0.2) is 0 Å². The first-order chi connectivity index (χ1) is 12.5. The van der Waals surface area contributed by atoms with Crippen LogP contribution in [0.1, 0.15) is 24.9 Å². The lowest BCUT2D eigenvalue weighted by molar-refractivity contribution is -0.384. The number of nitro groups is 1. The van der Waals surface area contributed by atoms with Gasteiger partial charge >= 0.3 is 0 Å². The summed E-state index contributed by atoms with van der Waals surface area (Å²) in [5.74, 6) is 1.16. The molecule has 140 valence electrons. The summed E-state index contributed by atoms with van der Waals surface area (Å²) in [6.07, 6.45) is 0.131. The Balaban J connectivity index is 1.83. The Morgan fingerprint density at radius 3 is 2.54 bits per heavy atom. The second-order valence-corrected chi connectivity index (χ2v) is 5.86. The Labute approximate surface area is 152 Å². The van der Waals surface area contributed by atoms with E-state index in [4.69, 9.17) is 9.47 Å². The molecule has 0 aromatic heterocycles. The quantitative estimate of drug-likeness (QED) is 0.499. The molecule has 0 aliphatic heterocycles. The molecule has 2 aromatic rings. The number of nitrogens with one attached hydrogen (secondary N) is 1. The van der Waals surface area contributed by atoms with Crippen LogP contribution in [-0.2, 0) is 0 Å². The standard InChI is InChI=1S/C19H24N2O5/c1-3-19(14-7-9-17(25-2)10-8-14)20-12-16(22)13-26-18-6-4-5-15(11-18)21(23)24/h4-11,16,19-20,22H,3,12-13H2,1-2H3/t16-,19-/m0/s1. The number of hydrogen-bond donors (Lipinski definition) is 2. The maximum atomic E-state index is 10.8. The van der Waals surface area contributed by atoms with Gasteiger partial charge in [0.05, 0.1) is 18.1 Å². The third-order valence-electron chi connectivity index (χ3n) is 4.00. The van der Waals surface area contributed by atoms with Crippen LogP contribution >= 0.6 is 0 Å². The molecular formula is C19H24N2O5. The van der Waals surface area contributed by atoms with Gasteiger partial charge in [-0.25, -0.2) is 0 Å². The highest BCUT2D eigenvalue weighted by Crippen LogP contribution is 2.21. The van der Waals surface area contributed by atoms with Crippen LogP contribution in [0, 0.1) is 10.1 Å². The maximum Gasteiger partial charge on any atom is 0.273 e. The average molecular weight is 360 g/mol. The number of ether oxygens (including phenoxy) is 2. The summed E-state index contributed by atoms with van der Waals surface area (Å²) >= 11 is 0. The fraction of sp³-hybridized carbons (Fsp3) is 0.368. The zero-order valence-electron chi connectivity index (χ0n) is 14.9. The molecule has 0 unspecified atom stereocenters. The van der Waals surface area contributed by atoms with Crippen LogP contribution in [0.25, 0.3) is 0 Å². The lowest BCUT2D eigenvalue weighted by Gasteiger charge is -2.20. The molecule has 7 nitrogen and oxygen atoms in total. The lowest BCUT2D eigenvalue weighted by atomic mass is 10.0. The molecule has 26 heavy (non-hydrogen) atoms. The van der Waals surface area contributed by atoms with Crippen molar-refractivity contribution in [2.75, 3.05) is 20.3 Å². The van der Waals surface area contributed by atoms with Crippen LogP contribution in [0.4, 0.5) is 5.69 Å². The van der Waals surface area contributed by atoms with E-state index in [1.54, 1.807) is 19.2 Å². The molecule has 2 rings (SSSR count). The van der Waals surface area contributed by atoms with Gasteiger partial charge in [-0.05, 0) is 30.2 Å². The van der Waals surface area contributed by atoms with E-state index >= 15 is 0 Å². The third-order valence-corrected chi connectivity index (χ3v) is 4.00. The van der Waals surface area contributed by atoms with Crippen molar-refractivity contribution in [3.63, 3.8) is 0 Å². The highest BCUT2D eigenvalue weighted by atomic mass is 16.6. The van der Waals surface area contributed by atoms with Crippen molar-refractivity contribution in [3.8, 4) is 11.5 Å². The SMILES string of the molecule is CC[C@H](NC[C@H](O)COc1cccc([N+](=O)[O-])c1)c1ccc(OC)cc1. The van der Waals surface area contributed by atoms with E-state index < -0.39 is 11.0 Å². The smallest absolute Gasteiger partial charge is 0.273 e. The third kappa shape index (κ3) is 5.72. The van der Waals surface area contributed by atoms with Gasteiger partial charge in [-0.15, -0.1) is 0 Å². The highest BCUT2D eigenvalue weighted by molar-refractivity contribution is 5.37. The van der Waals surface area contributed by atoms with Crippen molar-refractivity contribution in [1.82, 2.24) is 5.32 Å². The first-order valence-electron chi connectivity index (χ1n) is 8.46. The summed E-state index contributed by atoms with van der Waals surface area (Å²) in [5, 5.41) is 24.2. The summed E-state index contributed by atoms with van der Waals surface area (Å²) in [6.45, 7) is 2.46. The monoisotopic (exact) mass is 360 g/mol. The molecule has 0 saturated heterocycles. The van der Waals surface area contributed by atoms with Crippen molar-refractivity contribution in [2.45, 2.75) is 25.5 Å². The first-order valence-corrected chi connectivity index (χ1v) is 8.46. The minimum absolute atomic E-state index is 0.0410. The van der Waals surface area contributed by atoms with Crippen molar-refractivity contribution in [2.24, 2.45) is 0 Å². The molecule has 2 atom stereocenters. The molecule has 0 heterocycles. The van der Waals surface area contributed by atoms with Gasteiger partial charge in [-0.2, -0.15) is 0 Å². The van der Waals surface area contributed by atoms with E-state index in [0.717, 1.165) is 17.7 Å². The molecular weight excluding hydrogens is 336 g/mol. The van der Waals surface area contributed by atoms with Crippen LogP contribution in [0.15, 0.2) is 48.5 Å². The summed E-state index contributed by atoms with van der Waals surface area (Å²) in [4.78, 5) is 10.3. The Bertz CT molecular complexity index is 705. The summed E-state index contributed by atoms with van der Waals surface area (Å²) in [5.41, 5.74) is 1.07. The largest absolute Gasteiger partial charge is 0.497 e. The minimum Gasteiger partial charge on any atom is -0.497 e. The molecule has 7 heteroatoms. The minimum atomic E-state index is -0.735. The summed E-state index contributed by atoms with van der Waals surface area (Å²) < 4.78 is 10.6. The number of nitro benzene ring substituents is 1. The molecule has 0 aliphatic rings. The fourth-order valence-corrected chi connectivity index (χ4v) is 2.55. The number of benzene rings is 2. The molecule has 0 bridgehead atoms. The number of aliphatic hydroxyl groups excluding tert-OH is 1. The maximum absolute atomic E-state index is 10.8. The normalized spacial score (nSPS) is 13.0. The van der Waals surface area contributed by atoms with Gasteiger partial charge in [0, 0.05) is 18.7 Å². The van der Waals surface area contributed by atoms with Crippen LogP contribution in [0.2, 0.25) is 0 Å². The second-order valence-electron chi connectivity index (χ2n) is 5.86. The Hall–Kier alpha value is -2.64. The van der Waals surface area contributed by atoms with Gasteiger partial charge < -0.3 is 19.9 Å². The van der Waals surface area contributed by atoms with Crippen LogP contribution < -0.4 is 14.8 Å². The van der Waals surface area contributed by atoms with E-state index in [1.165, 1.54) is 12.1 Å². The zero-order valence-corrected chi connectivity index (χ0v) is 14.9. The van der Waals surface area contributed by atoms with Crippen molar-refractivity contribution in [1.29, 1.82) is 0 Å². The fourth-order valence-electron chi connectivity index (χ4n) is 2.55. The molecule has 0 saturated carbocycles. The van der Waals surface area contributed by atoms with Crippen LogP contribution in [0.3, 0.4) is 0 Å². The topological polar surface area (TPSA) is 93.9 Å². The summed E-state index contributed by atoms with van der Waals surface area (Å²) in [6, 6.07) is 13.8.